The number of halogens is 3. The number of carbonyl (C=O) groups is 1. The van der Waals surface area contributed by atoms with E-state index in [-0.39, 0.29) is 5.92 Å². The Bertz CT molecular complexity index is 499. The van der Waals surface area contributed by atoms with Crippen LogP contribution >= 0.6 is 0 Å². The first kappa shape index (κ1) is 16.6. The molecule has 1 amide bonds. The molecule has 0 unspecified atom stereocenters. The van der Waals surface area contributed by atoms with Gasteiger partial charge in [0.1, 0.15) is 12.2 Å². The number of carbonyl (C=O) groups excluding carboxylic acids is 1. The van der Waals surface area contributed by atoms with Crippen molar-refractivity contribution in [2.45, 2.75) is 32.4 Å². The van der Waals surface area contributed by atoms with Crippen LogP contribution in [0.1, 0.15) is 24.8 Å². The van der Waals surface area contributed by atoms with E-state index in [2.05, 4.69) is 0 Å². The smallest absolute Gasteiger partial charge is 0.397 e. The SMILES string of the molecule is Cc1ccc(OCC[C@H]2CCN(C(=O)CC(F)(F)F)C2)cc1. The Balaban J connectivity index is 1.70. The molecule has 1 aliphatic heterocycles. The maximum atomic E-state index is 12.2. The minimum absolute atomic E-state index is 0.211. The highest BCUT2D eigenvalue weighted by atomic mass is 19.4. The summed E-state index contributed by atoms with van der Waals surface area (Å²) in [5.74, 6) is 0.172. The number of alkyl halides is 3. The standard InChI is InChI=1S/C16H20F3NO2/c1-12-2-4-14(5-3-12)22-9-7-13-6-8-20(11-13)15(21)10-16(17,18)19/h2-5,13H,6-11H2,1H3/t13-/m1/s1. The molecule has 6 heteroatoms. The third-order valence-corrected chi connectivity index (χ3v) is 3.81. The Morgan fingerprint density at radius 1 is 1.32 bits per heavy atom. The zero-order chi connectivity index (χ0) is 16.2. The molecule has 1 fully saturated rings. The molecule has 0 radical (unpaired) electrons. The van der Waals surface area contributed by atoms with E-state index in [0.29, 0.717) is 19.7 Å². The normalized spacial score (nSPS) is 18.5. The van der Waals surface area contributed by atoms with Crippen LogP contribution in [0.25, 0.3) is 0 Å². The summed E-state index contributed by atoms with van der Waals surface area (Å²) < 4.78 is 42.2. The van der Waals surface area contributed by atoms with Crippen molar-refractivity contribution in [3.05, 3.63) is 29.8 Å². The maximum absolute atomic E-state index is 12.2. The van der Waals surface area contributed by atoms with Crippen LogP contribution in [0, 0.1) is 12.8 Å². The molecule has 122 valence electrons. The number of nitrogens with zero attached hydrogens (tertiary/aromatic N) is 1. The van der Waals surface area contributed by atoms with Gasteiger partial charge in [-0.3, -0.25) is 4.79 Å². The van der Waals surface area contributed by atoms with Crippen molar-refractivity contribution in [3.63, 3.8) is 0 Å². The molecule has 2 rings (SSSR count). The molecule has 1 atom stereocenters. The highest BCUT2D eigenvalue weighted by molar-refractivity contribution is 5.77. The fraction of sp³-hybridized carbons (Fsp3) is 0.562. The van der Waals surface area contributed by atoms with Crippen LogP contribution in [-0.2, 0) is 4.79 Å². The van der Waals surface area contributed by atoms with Gasteiger partial charge in [0.15, 0.2) is 0 Å². The molecule has 1 heterocycles. The summed E-state index contributed by atoms with van der Waals surface area (Å²) in [6, 6.07) is 7.71. The Hall–Kier alpha value is -1.72. The van der Waals surface area contributed by atoms with Crippen LogP contribution in [0.5, 0.6) is 5.75 Å². The van der Waals surface area contributed by atoms with E-state index < -0.39 is 18.5 Å². The summed E-state index contributed by atoms with van der Waals surface area (Å²) in [5, 5.41) is 0. The molecule has 1 saturated heterocycles. The third-order valence-electron chi connectivity index (χ3n) is 3.81. The van der Waals surface area contributed by atoms with Crippen molar-refractivity contribution >= 4 is 5.91 Å². The van der Waals surface area contributed by atoms with Crippen molar-refractivity contribution in [1.29, 1.82) is 0 Å². The quantitative estimate of drug-likeness (QED) is 0.831. The van der Waals surface area contributed by atoms with Crippen LogP contribution in [0.2, 0.25) is 0 Å². The predicted octanol–water partition coefficient (Wildman–Crippen LogP) is 3.56. The molecular formula is C16H20F3NO2. The first-order chi connectivity index (χ1) is 10.3. The number of amides is 1. The lowest BCUT2D eigenvalue weighted by molar-refractivity contribution is -0.160. The van der Waals surface area contributed by atoms with Crippen LogP contribution < -0.4 is 4.74 Å². The molecule has 0 aliphatic carbocycles. The summed E-state index contributed by atoms with van der Waals surface area (Å²) in [4.78, 5) is 12.8. The van der Waals surface area contributed by atoms with Crippen molar-refractivity contribution in [1.82, 2.24) is 4.90 Å². The number of aryl methyl sites for hydroxylation is 1. The number of ether oxygens (including phenoxy) is 1. The highest BCUT2D eigenvalue weighted by Crippen LogP contribution is 2.25. The predicted molar refractivity (Wildman–Crippen MR) is 76.7 cm³/mol. The van der Waals surface area contributed by atoms with E-state index in [9.17, 15) is 18.0 Å². The lowest BCUT2D eigenvalue weighted by Gasteiger charge is -2.17. The van der Waals surface area contributed by atoms with Crippen LogP contribution in [0.4, 0.5) is 13.2 Å². The molecule has 0 bridgehead atoms. The second kappa shape index (κ2) is 7.03. The summed E-state index contributed by atoms with van der Waals surface area (Å²) >= 11 is 0. The molecule has 0 N–H and O–H groups in total. The Morgan fingerprint density at radius 3 is 2.64 bits per heavy atom. The van der Waals surface area contributed by atoms with Crippen LogP contribution in [-0.4, -0.2) is 36.7 Å². The highest BCUT2D eigenvalue weighted by Gasteiger charge is 2.35. The number of hydrogen-bond acceptors (Lipinski definition) is 2. The Labute approximate surface area is 128 Å². The summed E-state index contributed by atoms with van der Waals surface area (Å²) in [7, 11) is 0. The van der Waals surface area contributed by atoms with Gasteiger partial charge in [-0.15, -0.1) is 0 Å². The molecule has 3 nitrogen and oxygen atoms in total. The van der Waals surface area contributed by atoms with Gasteiger partial charge in [-0.25, -0.2) is 0 Å². The van der Waals surface area contributed by atoms with E-state index in [1.807, 2.05) is 31.2 Å². The average molecular weight is 315 g/mol. The number of rotatable bonds is 5. The largest absolute Gasteiger partial charge is 0.494 e. The summed E-state index contributed by atoms with van der Waals surface area (Å²) in [6.07, 6.45) is -4.31. The van der Waals surface area contributed by atoms with Crippen molar-refractivity contribution in [2.24, 2.45) is 5.92 Å². The second-order valence-corrected chi connectivity index (χ2v) is 5.74. The van der Waals surface area contributed by atoms with Gasteiger partial charge in [-0.2, -0.15) is 13.2 Å². The van der Waals surface area contributed by atoms with Crippen LogP contribution in [0.15, 0.2) is 24.3 Å². The first-order valence-corrected chi connectivity index (χ1v) is 7.37. The van der Waals surface area contributed by atoms with E-state index in [1.165, 1.54) is 4.90 Å². The molecule has 1 aromatic carbocycles. The number of likely N-dealkylation sites (tertiary alicyclic amines) is 1. The minimum Gasteiger partial charge on any atom is -0.494 e. The Morgan fingerprint density at radius 2 is 2.00 bits per heavy atom. The van der Waals surface area contributed by atoms with Gasteiger partial charge in [-0.05, 0) is 37.8 Å². The van der Waals surface area contributed by atoms with E-state index >= 15 is 0 Å². The molecule has 0 aromatic heterocycles. The third kappa shape index (κ3) is 5.24. The van der Waals surface area contributed by atoms with Gasteiger partial charge < -0.3 is 9.64 Å². The molecule has 1 aromatic rings. The first-order valence-electron chi connectivity index (χ1n) is 7.37. The summed E-state index contributed by atoms with van der Waals surface area (Å²) in [5.41, 5.74) is 1.15. The monoisotopic (exact) mass is 315 g/mol. The van der Waals surface area contributed by atoms with Crippen molar-refractivity contribution in [3.8, 4) is 5.75 Å². The fourth-order valence-electron chi connectivity index (χ4n) is 2.56. The van der Waals surface area contributed by atoms with Gasteiger partial charge in [0.2, 0.25) is 5.91 Å². The van der Waals surface area contributed by atoms with Gasteiger partial charge in [-0.1, -0.05) is 17.7 Å². The number of benzene rings is 1. The topological polar surface area (TPSA) is 29.5 Å². The zero-order valence-electron chi connectivity index (χ0n) is 12.5. The van der Waals surface area contributed by atoms with E-state index in [0.717, 1.165) is 24.2 Å². The van der Waals surface area contributed by atoms with Gasteiger partial charge in [0.05, 0.1) is 6.61 Å². The fourth-order valence-corrected chi connectivity index (χ4v) is 2.56. The summed E-state index contributed by atoms with van der Waals surface area (Å²) in [6.45, 7) is 3.31. The molecule has 1 aliphatic rings. The Kier molecular flexibility index (Phi) is 5.32. The molecule has 0 saturated carbocycles. The zero-order valence-corrected chi connectivity index (χ0v) is 12.5. The molecule has 22 heavy (non-hydrogen) atoms. The van der Waals surface area contributed by atoms with Gasteiger partial charge in [0.25, 0.3) is 0 Å². The maximum Gasteiger partial charge on any atom is 0.397 e. The lowest BCUT2D eigenvalue weighted by Crippen LogP contribution is -2.32. The van der Waals surface area contributed by atoms with Crippen molar-refractivity contribution < 1.29 is 22.7 Å². The van der Waals surface area contributed by atoms with Gasteiger partial charge in [0, 0.05) is 13.1 Å². The van der Waals surface area contributed by atoms with E-state index in [4.69, 9.17) is 4.74 Å². The van der Waals surface area contributed by atoms with Crippen molar-refractivity contribution in [2.75, 3.05) is 19.7 Å². The van der Waals surface area contributed by atoms with Gasteiger partial charge >= 0.3 is 6.18 Å². The number of hydrogen-bond donors (Lipinski definition) is 0. The second-order valence-electron chi connectivity index (χ2n) is 5.74. The van der Waals surface area contributed by atoms with E-state index in [1.54, 1.807) is 0 Å². The molecular weight excluding hydrogens is 295 g/mol. The lowest BCUT2D eigenvalue weighted by atomic mass is 10.1. The average Bonchev–Trinajstić information content (AvgIpc) is 2.88. The minimum atomic E-state index is -4.43. The van der Waals surface area contributed by atoms with Crippen LogP contribution in [0.3, 0.4) is 0 Å². The molecule has 0 spiro atoms.